The van der Waals surface area contributed by atoms with Gasteiger partial charge in [-0.3, -0.25) is 4.79 Å². The number of aliphatic carboxylic acids is 1. The molecule has 0 unspecified atom stereocenters. The Morgan fingerprint density at radius 3 is 2.04 bits per heavy atom. The van der Waals surface area contributed by atoms with Gasteiger partial charge in [-0.1, -0.05) is 77.0 Å². The number of unbranched alkanes of at least 4 members (excludes halogenated alkanes) is 7. The maximum Gasteiger partial charge on any atom is 0.300 e. The van der Waals surface area contributed by atoms with Crippen LogP contribution in [0.3, 0.4) is 0 Å². The summed E-state index contributed by atoms with van der Waals surface area (Å²) < 4.78 is 5.87. The molecule has 0 saturated heterocycles. The summed E-state index contributed by atoms with van der Waals surface area (Å²) in [4.78, 5) is 9.00. The fraction of sp³-hybridized carbons (Fsp3) is 0.650. The zero-order valence-electron chi connectivity index (χ0n) is 15.1. The number of aryl methyl sites for hydroxylation is 1. The highest BCUT2D eigenvalue weighted by Crippen LogP contribution is 2.18. The maximum absolute atomic E-state index is 9.00. The lowest BCUT2D eigenvalue weighted by molar-refractivity contribution is -0.134. The number of rotatable bonds is 11. The Hall–Kier alpha value is -1.51. The van der Waals surface area contributed by atoms with E-state index in [1.165, 1.54) is 56.9 Å². The number of hydrogen-bond donors (Lipinski definition) is 1. The topological polar surface area (TPSA) is 46.5 Å². The van der Waals surface area contributed by atoms with Gasteiger partial charge in [0.2, 0.25) is 0 Å². The molecule has 0 atom stereocenters. The molecule has 3 nitrogen and oxygen atoms in total. The van der Waals surface area contributed by atoms with Crippen molar-refractivity contribution in [3.63, 3.8) is 0 Å². The first-order valence-electron chi connectivity index (χ1n) is 9.02. The SMILES string of the molecule is CC(=O)O.CCCCCCCCCCOc1ccccc1CC. The Bertz CT molecular complexity index is 398. The van der Waals surface area contributed by atoms with E-state index in [1.54, 1.807) is 0 Å². The van der Waals surface area contributed by atoms with E-state index in [1.807, 2.05) is 0 Å². The van der Waals surface area contributed by atoms with Crippen LogP contribution >= 0.6 is 0 Å². The first kappa shape index (κ1) is 21.5. The molecule has 0 bridgehead atoms. The maximum atomic E-state index is 9.00. The molecule has 1 aromatic rings. The monoisotopic (exact) mass is 322 g/mol. The van der Waals surface area contributed by atoms with Crippen LogP contribution < -0.4 is 4.74 Å². The van der Waals surface area contributed by atoms with Gasteiger partial charge in [0.25, 0.3) is 5.97 Å². The second kappa shape index (κ2) is 15.4. The molecule has 0 amide bonds. The van der Waals surface area contributed by atoms with Crippen LogP contribution in [0.15, 0.2) is 24.3 Å². The van der Waals surface area contributed by atoms with E-state index in [0.717, 1.165) is 25.7 Å². The number of benzene rings is 1. The molecule has 1 N–H and O–H groups in total. The summed E-state index contributed by atoms with van der Waals surface area (Å²) in [6, 6.07) is 8.39. The van der Waals surface area contributed by atoms with Crippen LogP contribution in [0.25, 0.3) is 0 Å². The van der Waals surface area contributed by atoms with E-state index in [9.17, 15) is 0 Å². The zero-order chi connectivity index (χ0) is 17.3. The molecule has 0 aliphatic carbocycles. The summed E-state index contributed by atoms with van der Waals surface area (Å²) in [5.74, 6) is 0.243. The predicted molar refractivity (Wildman–Crippen MR) is 97.2 cm³/mol. The largest absolute Gasteiger partial charge is 0.493 e. The van der Waals surface area contributed by atoms with Crippen molar-refractivity contribution in [3.05, 3.63) is 29.8 Å². The Morgan fingerprint density at radius 1 is 0.957 bits per heavy atom. The second-order valence-corrected chi connectivity index (χ2v) is 5.80. The van der Waals surface area contributed by atoms with Crippen LogP contribution in [0.4, 0.5) is 0 Å². The Labute approximate surface area is 142 Å². The van der Waals surface area contributed by atoms with Crippen LogP contribution in [0.5, 0.6) is 5.75 Å². The summed E-state index contributed by atoms with van der Waals surface area (Å²) in [5.41, 5.74) is 1.32. The van der Waals surface area contributed by atoms with E-state index >= 15 is 0 Å². The fourth-order valence-corrected chi connectivity index (χ4v) is 2.35. The van der Waals surface area contributed by atoms with Crippen LogP contribution in [0.1, 0.15) is 77.7 Å². The third-order valence-electron chi connectivity index (χ3n) is 3.61. The van der Waals surface area contributed by atoms with Crippen molar-refractivity contribution in [2.45, 2.75) is 78.6 Å². The Kier molecular flexibility index (Phi) is 14.4. The van der Waals surface area contributed by atoms with Gasteiger partial charge in [-0.05, 0) is 24.5 Å². The molecule has 1 rings (SSSR count). The molecule has 0 fully saturated rings. The van der Waals surface area contributed by atoms with E-state index in [-0.39, 0.29) is 0 Å². The molecule has 0 saturated carbocycles. The molecule has 23 heavy (non-hydrogen) atoms. The van der Waals surface area contributed by atoms with Crippen molar-refractivity contribution >= 4 is 5.97 Å². The van der Waals surface area contributed by atoms with Crippen molar-refractivity contribution in [2.24, 2.45) is 0 Å². The Morgan fingerprint density at radius 2 is 1.48 bits per heavy atom. The first-order valence-corrected chi connectivity index (χ1v) is 9.02. The molecule has 0 aliphatic rings. The van der Waals surface area contributed by atoms with Gasteiger partial charge in [-0.15, -0.1) is 0 Å². The van der Waals surface area contributed by atoms with Crippen molar-refractivity contribution in [3.8, 4) is 5.75 Å². The van der Waals surface area contributed by atoms with Gasteiger partial charge in [0.1, 0.15) is 5.75 Å². The van der Waals surface area contributed by atoms with E-state index in [2.05, 4.69) is 38.1 Å². The molecule has 3 heteroatoms. The smallest absolute Gasteiger partial charge is 0.300 e. The van der Waals surface area contributed by atoms with Gasteiger partial charge in [-0.2, -0.15) is 0 Å². The molecule has 0 aliphatic heterocycles. The van der Waals surface area contributed by atoms with E-state index in [0.29, 0.717) is 0 Å². The number of carbonyl (C=O) groups is 1. The van der Waals surface area contributed by atoms with Crippen molar-refractivity contribution in [2.75, 3.05) is 6.61 Å². The summed E-state index contributed by atoms with van der Waals surface area (Å²) in [5, 5.41) is 7.42. The third kappa shape index (κ3) is 13.8. The summed E-state index contributed by atoms with van der Waals surface area (Å²) >= 11 is 0. The molecule has 0 radical (unpaired) electrons. The highest BCUT2D eigenvalue weighted by Gasteiger charge is 1.99. The highest BCUT2D eigenvalue weighted by atomic mass is 16.5. The second-order valence-electron chi connectivity index (χ2n) is 5.80. The van der Waals surface area contributed by atoms with Crippen LogP contribution in [0, 0.1) is 0 Å². The summed E-state index contributed by atoms with van der Waals surface area (Å²) in [6.07, 6.45) is 11.9. The molecular formula is C20H34O3. The number of para-hydroxylation sites is 1. The molecule has 132 valence electrons. The van der Waals surface area contributed by atoms with Gasteiger partial charge in [-0.25, -0.2) is 0 Å². The molecule has 0 heterocycles. The number of carboxylic acids is 1. The zero-order valence-corrected chi connectivity index (χ0v) is 15.1. The quantitative estimate of drug-likeness (QED) is 0.519. The lowest BCUT2D eigenvalue weighted by Crippen LogP contribution is -1.99. The van der Waals surface area contributed by atoms with Crippen LogP contribution in [-0.2, 0) is 11.2 Å². The van der Waals surface area contributed by atoms with Gasteiger partial charge in [0, 0.05) is 6.92 Å². The third-order valence-corrected chi connectivity index (χ3v) is 3.61. The number of ether oxygens (including phenoxy) is 1. The normalized spacial score (nSPS) is 9.87. The minimum atomic E-state index is -0.833. The average Bonchev–Trinajstić information content (AvgIpc) is 2.53. The minimum absolute atomic E-state index is 0.833. The molecule has 0 aromatic heterocycles. The fourth-order valence-electron chi connectivity index (χ4n) is 2.35. The van der Waals surface area contributed by atoms with Crippen molar-refractivity contribution < 1.29 is 14.6 Å². The number of carboxylic acid groups (broad SMARTS) is 1. The van der Waals surface area contributed by atoms with Crippen molar-refractivity contribution in [1.82, 2.24) is 0 Å². The van der Waals surface area contributed by atoms with Crippen LogP contribution in [-0.4, -0.2) is 17.7 Å². The summed E-state index contributed by atoms with van der Waals surface area (Å²) in [6.45, 7) is 6.40. The summed E-state index contributed by atoms with van der Waals surface area (Å²) in [7, 11) is 0. The van der Waals surface area contributed by atoms with Gasteiger partial charge >= 0.3 is 0 Å². The predicted octanol–water partition coefficient (Wildman–Crippen LogP) is 5.86. The molecular weight excluding hydrogens is 288 g/mol. The van der Waals surface area contributed by atoms with E-state index < -0.39 is 5.97 Å². The molecule has 1 aromatic carbocycles. The lowest BCUT2D eigenvalue weighted by atomic mass is 10.1. The van der Waals surface area contributed by atoms with Crippen molar-refractivity contribution in [1.29, 1.82) is 0 Å². The molecule has 0 spiro atoms. The number of hydrogen-bond acceptors (Lipinski definition) is 2. The van der Waals surface area contributed by atoms with E-state index in [4.69, 9.17) is 14.6 Å². The average molecular weight is 322 g/mol. The highest BCUT2D eigenvalue weighted by molar-refractivity contribution is 5.62. The lowest BCUT2D eigenvalue weighted by Gasteiger charge is -2.10. The minimum Gasteiger partial charge on any atom is -0.493 e. The Balaban J connectivity index is 0.00000108. The van der Waals surface area contributed by atoms with Gasteiger partial charge in [0.05, 0.1) is 6.61 Å². The van der Waals surface area contributed by atoms with Gasteiger partial charge in [0.15, 0.2) is 0 Å². The van der Waals surface area contributed by atoms with Gasteiger partial charge < -0.3 is 9.84 Å². The standard InChI is InChI=1S/C18H30O.C2H4O2/c1-3-5-6-7-8-9-10-13-16-19-18-15-12-11-14-17(18)4-2;1-2(3)4/h11-12,14-15H,3-10,13,16H2,1-2H3;1H3,(H,3,4). The van der Waals surface area contributed by atoms with Crippen LogP contribution in [0.2, 0.25) is 0 Å². The first-order chi connectivity index (χ1) is 11.1.